The summed E-state index contributed by atoms with van der Waals surface area (Å²) in [5, 5.41) is 11.0. The predicted molar refractivity (Wildman–Crippen MR) is 70.0 cm³/mol. The Balaban J connectivity index is 2.03. The summed E-state index contributed by atoms with van der Waals surface area (Å²) >= 11 is 3.42. The highest BCUT2D eigenvalue weighted by molar-refractivity contribution is 9.10. The topological polar surface area (TPSA) is 64.7 Å². The lowest BCUT2D eigenvalue weighted by Gasteiger charge is -2.06. The van der Waals surface area contributed by atoms with Gasteiger partial charge in [-0.25, -0.2) is 0 Å². The lowest BCUT2D eigenvalue weighted by Crippen LogP contribution is -2.24. The van der Waals surface area contributed by atoms with Gasteiger partial charge in [-0.2, -0.15) is 10.2 Å². The molecule has 0 aliphatic heterocycles. The maximum Gasteiger partial charge on any atom is 0.254 e. The molecule has 2 heterocycles. The van der Waals surface area contributed by atoms with E-state index in [-0.39, 0.29) is 5.91 Å². The number of aromatic nitrogens is 4. The molecule has 0 saturated carbocycles. The fraction of sp³-hybridized carbons (Fsp3) is 0.364. The molecule has 0 aliphatic carbocycles. The molecule has 0 aromatic carbocycles. The fourth-order valence-corrected chi connectivity index (χ4v) is 2.08. The Morgan fingerprint density at radius 1 is 1.44 bits per heavy atom. The average molecular weight is 312 g/mol. The van der Waals surface area contributed by atoms with Gasteiger partial charge in [-0.05, 0) is 22.9 Å². The first-order chi connectivity index (χ1) is 8.61. The van der Waals surface area contributed by atoms with Crippen LogP contribution in [-0.2, 0) is 20.1 Å². The molecule has 1 N–H and O–H groups in total. The lowest BCUT2D eigenvalue weighted by atomic mass is 10.3. The van der Waals surface area contributed by atoms with E-state index >= 15 is 0 Å². The highest BCUT2D eigenvalue weighted by Crippen LogP contribution is 2.15. The van der Waals surface area contributed by atoms with E-state index < -0.39 is 0 Å². The van der Waals surface area contributed by atoms with Crippen LogP contribution in [-0.4, -0.2) is 25.5 Å². The van der Waals surface area contributed by atoms with Gasteiger partial charge >= 0.3 is 0 Å². The second kappa shape index (κ2) is 5.34. The molecule has 18 heavy (non-hydrogen) atoms. The largest absolute Gasteiger partial charge is 0.346 e. The van der Waals surface area contributed by atoms with Crippen molar-refractivity contribution in [1.82, 2.24) is 24.9 Å². The molecule has 2 aromatic heterocycles. The average Bonchev–Trinajstić information content (AvgIpc) is 2.93. The minimum absolute atomic E-state index is 0.140. The highest BCUT2D eigenvalue weighted by Gasteiger charge is 2.11. The molecule has 0 saturated heterocycles. The molecule has 0 aliphatic rings. The summed E-state index contributed by atoms with van der Waals surface area (Å²) in [4.78, 5) is 11.9. The van der Waals surface area contributed by atoms with Gasteiger partial charge in [0.25, 0.3) is 5.91 Å². The third-order valence-electron chi connectivity index (χ3n) is 2.58. The van der Waals surface area contributed by atoms with Gasteiger partial charge in [0.2, 0.25) is 0 Å². The normalized spacial score (nSPS) is 10.6. The van der Waals surface area contributed by atoms with Crippen molar-refractivity contribution in [3.63, 3.8) is 0 Å². The molecule has 0 spiro atoms. The summed E-state index contributed by atoms with van der Waals surface area (Å²) < 4.78 is 4.34. The SMILES string of the molecule is CCn1ncc(Br)c1CNC(=O)c1cnn(C)c1. The molecule has 0 bridgehead atoms. The Bertz CT molecular complexity index is 560. The molecule has 0 atom stereocenters. The van der Waals surface area contributed by atoms with Crippen molar-refractivity contribution >= 4 is 21.8 Å². The van der Waals surface area contributed by atoms with Crippen LogP contribution in [0, 0.1) is 0 Å². The molecule has 96 valence electrons. The Labute approximate surface area is 113 Å². The van der Waals surface area contributed by atoms with E-state index in [0.29, 0.717) is 12.1 Å². The third-order valence-corrected chi connectivity index (χ3v) is 3.24. The van der Waals surface area contributed by atoms with Gasteiger partial charge in [0, 0.05) is 19.8 Å². The van der Waals surface area contributed by atoms with E-state index in [1.165, 1.54) is 0 Å². The van der Waals surface area contributed by atoms with Gasteiger partial charge in [-0.3, -0.25) is 14.2 Å². The minimum atomic E-state index is -0.140. The maximum absolute atomic E-state index is 11.9. The Kier molecular flexibility index (Phi) is 3.81. The van der Waals surface area contributed by atoms with Gasteiger partial charge in [0.05, 0.1) is 34.7 Å². The second-order valence-corrected chi connectivity index (χ2v) is 4.69. The van der Waals surface area contributed by atoms with Crippen molar-refractivity contribution in [2.75, 3.05) is 0 Å². The van der Waals surface area contributed by atoms with Crippen molar-refractivity contribution in [3.8, 4) is 0 Å². The van der Waals surface area contributed by atoms with Crippen LogP contribution < -0.4 is 5.32 Å². The summed E-state index contributed by atoms with van der Waals surface area (Å²) in [6.45, 7) is 3.21. The van der Waals surface area contributed by atoms with Gasteiger partial charge in [0.1, 0.15) is 0 Å². The van der Waals surface area contributed by atoms with Crippen molar-refractivity contribution in [2.24, 2.45) is 7.05 Å². The molecule has 0 fully saturated rings. The first kappa shape index (κ1) is 12.8. The van der Waals surface area contributed by atoms with E-state index in [9.17, 15) is 4.79 Å². The zero-order valence-corrected chi connectivity index (χ0v) is 11.8. The molecule has 2 aromatic rings. The predicted octanol–water partition coefficient (Wildman–Crippen LogP) is 1.33. The monoisotopic (exact) mass is 311 g/mol. The number of amides is 1. The second-order valence-electron chi connectivity index (χ2n) is 3.84. The summed E-state index contributed by atoms with van der Waals surface area (Å²) in [5.74, 6) is -0.140. The van der Waals surface area contributed by atoms with Crippen molar-refractivity contribution in [2.45, 2.75) is 20.0 Å². The van der Waals surface area contributed by atoms with Gasteiger partial charge in [-0.1, -0.05) is 0 Å². The van der Waals surface area contributed by atoms with Crippen LogP contribution in [0.2, 0.25) is 0 Å². The van der Waals surface area contributed by atoms with Crippen LogP contribution in [0.15, 0.2) is 23.1 Å². The first-order valence-electron chi connectivity index (χ1n) is 5.58. The highest BCUT2D eigenvalue weighted by atomic mass is 79.9. The molecule has 2 rings (SSSR count). The minimum Gasteiger partial charge on any atom is -0.346 e. The first-order valence-corrected chi connectivity index (χ1v) is 6.38. The standard InChI is InChI=1S/C11H14BrN5O/c1-3-17-10(9(12)5-15-17)6-13-11(18)8-4-14-16(2)7-8/h4-5,7H,3,6H2,1-2H3,(H,13,18). The zero-order chi connectivity index (χ0) is 13.1. The molecular weight excluding hydrogens is 298 g/mol. The van der Waals surface area contributed by atoms with Crippen LogP contribution in [0.4, 0.5) is 0 Å². The van der Waals surface area contributed by atoms with Crippen LogP contribution in [0.5, 0.6) is 0 Å². The summed E-state index contributed by atoms with van der Waals surface area (Å²) in [6.07, 6.45) is 4.96. The number of nitrogens with zero attached hydrogens (tertiary/aromatic N) is 4. The number of carbonyl (C=O) groups is 1. The van der Waals surface area contributed by atoms with Crippen LogP contribution in [0.25, 0.3) is 0 Å². The third kappa shape index (κ3) is 2.61. The summed E-state index contributed by atoms with van der Waals surface area (Å²) in [7, 11) is 1.78. The van der Waals surface area contributed by atoms with Gasteiger partial charge < -0.3 is 5.32 Å². The van der Waals surface area contributed by atoms with E-state index in [0.717, 1.165) is 16.7 Å². The Hall–Kier alpha value is -1.63. The van der Waals surface area contributed by atoms with E-state index in [1.807, 2.05) is 11.6 Å². The molecular formula is C11H14BrN5O. The molecule has 1 amide bonds. The molecule has 7 heteroatoms. The van der Waals surface area contributed by atoms with E-state index in [4.69, 9.17) is 0 Å². The van der Waals surface area contributed by atoms with Gasteiger partial charge in [-0.15, -0.1) is 0 Å². The number of aryl methyl sites for hydroxylation is 2. The Morgan fingerprint density at radius 3 is 2.83 bits per heavy atom. The number of hydrogen-bond acceptors (Lipinski definition) is 3. The fourth-order valence-electron chi connectivity index (χ4n) is 1.64. The Morgan fingerprint density at radius 2 is 2.22 bits per heavy atom. The van der Waals surface area contributed by atoms with Crippen LogP contribution >= 0.6 is 15.9 Å². The molecule has 0 radical (unpaired) electrons. The molecule has 6 nitrogen and oxygen atoms in total. The van der Waals surface area contributed by atoms with Crippen molar-refractivity contribution < 1.29 is 4.79 Å². The summed E-state index contributed by atoms with van der Waals surface area (Å²) in [6, 6.07) is 0. The lowest BCUT2D eigenvalue weighted by molar-refractivity contribution is 0.0949. The number of rotatable bonds is 4. The van der Waals surface area contributed by atoms with Crippen LogP contribution in [0.1, 0.15) is 23.0 Å². The zero-order valence-electron chi connectivity index (χ0n) is 10.2. The van der Waals surface area contributed by atoms with Crippen molar-refractivity contribution in [3.05, 3.63) is 34.3 Å². The number of nitrogens with one attached hydrogen (secondary N) is 1. The van der Waals surface area contributed by atoms with Gasteiger partial charge in [0.15, 0.2) is 0 Å². The van der Waals surface area contributed by atoms with Crippen LogP contribution in [0.3, 0.4) is 0 Å². The quantitative estimate of drug-likeness (QED) is 0.926. The summed E-state index contributed by atoms with van der Waals surface area (Å²) in [5.41, 5.74) is 1.51. The van der Waals surface area contributed by atoms with E-state index in [2.05, 4.69) is 31.4 Å². The number of hydrogen-bond donors (Lipinski definition) is 1. The van der Waals surface area contributed by atoms with E-state index in [1.54, 1.807) is 30.3 Å². The smallest absolute Gasteiger partial charge is 0.254 e. The maximum atomic E-state index is 11.9. The molecule has 0 unspecified atom stereocenters. The van der Waals surface area contributed by atoms with Crippen molar-refractivity contribution in [1.29, 1.82) is 0 Å². The number of carbonyl (C=O) groups excluding carboxylic acids is 1. The number of halogens is 1.